The molecule has 0 spiro atoms. The van der Waals surface area contributed by atoms with Gasteiger partial charge in [-0.1, -0.05) is 0 Å². The molecular formula is C11H9ClN4. The quantitative estimate of drug-likeness (QED) is 0.606. The van der Waals surface area contributed by atoms with E-state index >= 15 is 0 Å². The molecule has 0 aliphatic rings. The van der Waals surface area contributed by atoms with Crippen molar-refractivity contribution in [2.24, 2.45) is 0 Å². The number of hydrogen-bond acceptors (Lipinski definition) is 3. The molecule has 3 rings (SSSR count). The molecule has 0 N–H and O–H groups in total. The SMILES string of the molecule is CC(Cl)c1nc2ccc3ncccc3n2n1. The Hall–Kier alpha value is -1.68. The number of hydrogen-bond donors (Lipinski definition) is 0. The second-order valence-corrected chi connectivity index (χ2v) is 4.25. The smallest absolute Gasteiger partial charge is 0.169 e. The van der Waals surface area contributed by atoms with Crippen molar-refractivity contribution in [1.29, 1.82) is 0 Å². The number of alkyl halides is 1. The van der Waals surface area contributed by atoms with Crippen molar-refractivity contribution in [2.45, 2.75) is 12.3 Å². The zero-order valence-corrected chi connectivity index (χ0v) is 9.39. The molecule has 0 aliphatic carbocycles. The van der Waals surface area contributed by atoms with E-state index in [2.05, 4.69) is 15.1 Å². The van der Waals surface area contributed by atoms with Crippen LogP contribution >= 0.6 is 11.6 Å². The number of aromatic nitrogens is 4. The van der Waals surface area contributed by atoms with Gasteiger partial charge >= 0.3 is 0 Å². The maximum Gasteiger partial charge on any atom is 0.169 e. The van der Waals surface area contributed by atoms with Gasteiger partial charge in [0, 0.05) is 6.20 Å². The Labute approximate surface area is 96.9 Å². The molecule has 0 amide bonds. The minimum atomic E-state index is -0.188. The van der Waals surface area contributed by atoms with Crippen molar-refractivity contribution in [3.8, 4) is 0 Å². The molecule has 0 saturated carbocycles. The summed E-state index contributed by atoms with van der Waals surface area (Å²) in [5.41, 5.74) is 2.63. The summed E-state index contributed by atoms with van der Waals surface area (Å²) in [7, 11) is 0. The van der Waals surface area contributed by atoms with E-state index < -0.39 is 0 Å². The summed E-state index contributed by atoms with van der Waals surface area (Å²) in [4.78, 5) is 8.62. The summed E-state index contributed by atoms with van der Waals surface area (Å²) >= 11 is 5.97. The van der Waals surface area contributed by atoms with E-state index in [-0.39, 0.29) is 5.38 Å². The molecule has 3 aromatic heterocycles. The second kappa shape index (κ2) is 3.42. The molecule has 1 unspecified atom stereocenters. The van der Waals surface area contributed by atoms with E-state index in [1.54, 1.807) is 10.7 Å². The van der Waals surface area contributed by atoms with E-state index in [1.807, 2.05) is 31.2 Å². The molecule has 16 heavy (non-hydrogen) atoms. The third kappa shape index (κ3) is 1.34. The fourth-order valence-corrected chi connectivity index (χ4v) is 1.76. The van der Waals surface area contributed by atoms with Crippen LogP contribution in [-0.2, 0) is 0 Å². The highest BCUT2D eigenvalue weighted by atomic mass is 35.5. The molecule has 3 heterocycles. The molecule has 3 aromatic rings. The largest absolute Gasteiger partial charge is 0.255 e. The summed E-state index contributed by atoms with van der Waals surface area (Å²) < 4.78 is 1.77. The van der Waals surface area contributed by atoms with E-state index in [0.717, 1.165) is 16.7 Å². The molecule has 0 bridgehead atoms. The maximum atomic E-state index is 5.97. The summed E-state index contributed by atoms with van der Waals surface area (Å²) in [6.45, 7) is 1.86. The molecule has 0 saturated heterocycles. The standard InChI is InChI=1S/C11H9ClN4/c1-7(12)11-14-10-5-4-8-9(16(10)15-11)3-2-6-13-8/h2-7H,1H3. The number of pyridine rings is 2. The number of halogens is 1. The normalized spacial score (nSPS) is 13.4. The van der Waals surface area contributed by atoms with Gasteiger partial charge in [0.2, 0.25) is 0 Å². The second-order valence-electron chi connectivity index (χ2n) is 3.60. The Morgan fingerprint density at radius 2 is 2.19 bits per heavy atom. The average molecular weight is 233 g/mol. The summed E-state index contributed by atoms with van der Waals surface area (Å²) in [6, 6.07) is 7.67. The molecule has 80 valence electrons. The van der Waals surface area contributed by atoms with Gasteiger partial charge in [-0.05, 0) is 31.2 Å². The monoisotopic (exact) mass is 232 g/mol. The third-order valence-electron chi connectivity index (χ3n) is 2.44. The van der Waals surface area contributed by atoms with Crippen molar-refractivity contribution in [1.82, 2.24) is 19.6 Å². The van der Waals surface area contributed by atoms with Gasteiger partial charge in [0.15, 0.2) is 11.5 Å². The predicted molar refractivity (Wildman–Crippen MR) is 62.6 cm³/mol. The fourth-order valence-electron chi connectivity index (χ4n) is 1.66. The first-order valence-corrected chi connectivity index (χ1v) is 5.44. The Kier molecular flexibility index (Phi) is 2.04. The van der Waals surface area contributed by atoms with Gasteiger partial charge in [0.25, 0.3) is 0 Å². The van der Waals surface area contributed by atoms with Crippen molar-refractivity contribution in [2.75, 3.05) is 0 Å². The first kappa shape index (κ1) is 9.54. The van der Waals surface area contributed by atoms with Crippen LogP contribution in [-0.4, -0.2) is 19.6 Å². The fraction of sp³-hybridized carbons (Fsp3) is 0.182. The van der Waals surface area contributed by atoms with Crippen LogP contribution < -0.4 is 0 Å². The first-order valence-electron chi connectivity index (χ1n) is 5.00. The van der Waals surface area contributed by atoms with Crippen molar-refractivity contribution < 1.29 is 0 Å². The number of rotatable bonds is 1. The van der Waals surface area contributed by atoms with Gasteiger partial charge in [0.05, 0.1) is 16.4 Å². The molecular weight excluding hydrogens is 224 g/mol. The first-order chi connectivity index (χ1) is 7.75. The molecule has 0 fully saturated rings. The molecule has 5 heteroatoms. The summed E-state index contributed by atoms with van der Waals surface area (Å²) in [5, 5.41) is 4.19. The third-order valence-corrected chi connectivity index (χ3v) is 2.63. The number of fused-ring (bicyclic) bond motifs is 3. The lowest BCUT2D eigenvalue weighted by Crippen LogP contribution is -1.92. The highest BCUT2D eigenvalue weighted by Crippen LogP contribution is 2.18. The lowest BCUT2D eigenvalue weighted by Gasteiger charge is -1.97. The lowest BCUT2D eigenvalue weighted by atomic mass is 10.3. The maximum absolute atomic E-state index is 5.97. The zero-order valence-electron chi connectivity index (χ0n) is 8.63. The molecule has 0 aromatic carbocycles. The van der Waals surface area contributed by atoms with Crippen molar-refractivity contribution in [3.63, 3.8) is 0 Å². The molecule has 0 radical (unpaired) electrons. The van der Waals surface area contributed by atoms with Crippen LogP contribution in [0.15, 0.2) is 30.5 Å². The minimum Gasteiger partial charge on any atom is -0.255 e. The Morgan fingerprint density at radius 3 is 3.00 bits per heavy atom. The van der Waals surface area contributed by atoms with E-state index in [0.29, 0.717) is 5.82 Å². The van der Waals surface area contributed by atoms with Crippen LogP contribution in [0.4, 0.5) is 0 Å². The number of nitrogens with zero attached hydrogens (tertiary/aromatic N) is 4. The van der Waals surface area contributed by atoms with Gasteiger partial charge in [-0.3, -0.25) is 4.98 Å². The summed E-state index contributed by atoms with van der Waals surface area (Å²) in [5.74, 6) is 0.637. The van der Waals surface area contributed by atoms with Crippen LogP contribution in [0.2, 0.25) is 0 Å². The highest BCUT2D eigenvalue weighted by Gasteiger charge is 2.10. The molecule has 0 aliphatic heterocycles. The van der Waals surface area contributed by atoms with E-state index in [1.165, 1.54) is 0 Å². The Bertz CT molecular complexity index is 659. The topological polar surface area (TPSA) is 43.1 Å². The van der Waals surface area contributed by atoms with Crippen molar-refractivity contribution in [3.05, 3.63) is 36.3 Å². The highest BCUT2D eigenvalue weighted by molar-refractivity contribution is 6.20. The van der Waals surface area contributed by atoms with Gasteiger partial charge in [-0.15, -0.1) is 16.7 Å². The van der Waals surface area contributed by atoms with Gasteiger partial charge in [0.1, 0.15) is 0 Å². The van der Waals surface area contributed by atoms with Crippen LogP contribution in [0.3, 0.4) is 0 Å². The van der Waals surface area contributed by atoms with Crippen LogP contribution in [0, 0.1) is 0 Å². The lowest BCUT2D eigenvalue weighted by molar-refractivity contribution is 0.885. The summed E-state index contributed by atoms with van der Waals surface area (Å²) in [6.07, 6.45) is 1.76. The zero-order chi connectivity index (χ0) is 11.1. The minimum absolute atomic E-state index is 0.188. The van der Waals surface area contributed by atoms with Gasteiger partial charge in [-0.2, -0.15) is 0 Å². The van der Waals surface area contributed by atoms with Crippen LogP contribution in [0.1, 0.15) is 18.1 Å². The van der Waals surface area contributed by atoms with Gasteiger partial charge < -0.3 is 0 Å². The Balaban J connectivity index is 2.41. The average Bonchev–Trinajstić information content (AvgIpc) is 2.73. The van der Waals surface area contributed by atoms with E-state index in [4.69, 9.17) is 11.6 Å². The molecule has 4 nitrogen and oxygen atoms in total. The van der Waals surface area contributed by atoms with Gasteiger partial charge in [-0.25, -0.2) is 9.50 Å². The molecule has 1 atom stereocenters. The van der Waals surface area contributed by atoms with Crippen LogP contribution in [0.25, 0.3) is 16.7 Å². The van der Waals surface area contributed by atoms with Crippen LogP contribution in [0.5, 0.6) is 0 Å². The Morgan fingerprint density at radius 1 is 1.31 bits per heavy atom. The van der Waals surface area contributed by atoms with E-state index in [9.17, 15) is 0 Å². The predicted octanol–water partition coefficient (Wildman–Crippen LogP) is 2.58. The van der Waals surface area contributed by atoms with Crippen molar-refractivity contribution >= 4 is 28.3 Å².